The molecule has 192 valence electrons. The Balaban J connectivity index is 1.52. The monoisotopic (exact) mass is 549 g/mol. The molecule has 0 aliphatic carbocycles. The number of aryl methyl sites for hydroxylation is 1. The van der Waals surface area contributed by atoms with Gasteiger partial charge in [-0.05, 0) is 36.4 Å². The number of anilines is 3. The molecule has 0 radical (unpaired) electrons. The van der Waals surface area contributed by atoms with Crippen LogP contribution in [0.25, 0.3) is 11.4 Å². The first-order valence-electron chi connectivity index (χ1n) is 11.5. The predicted molar refractivity (Wildman–Crippen MR) is 146 cm³/mol. The Bertz CT molecular complexity index is 1420. The second-order valence-electron chi connectivity index (χ2n) is 9.96. The lowest BCUT2D eigenvalue weighted by Gasteiger charge is -2.36. The molecule has 0 bridgehead atoms. The van der Waals surface area contributed by atoms with Gasteiger partial charge in [-0.2, -0.15) is 0 Å². The number of amides is 1. The Morgan fingerprint density at radius 2 is 1.78 bits per heavy atom. The largest absolute Gasteiger partial charge is 0.371 e. The van der Waals surface area contributed by atoms with Crippen molar-refractivity contribution in [2.75, 3.05) is 34.3 Å². The van der Waals surface area contributed by atoms with E-state index in [4.69, 9.17) is 11.6 Å². The van der Waals surface area contributed by atoms with Crippen LogP contribution in [0.4, 0.5) is 21.5 Å². The average Bonchev–Trinajstić information content (AvgIpc) is 3.13. The van der Waals surface area contributed by atoms with Gasteiger partial charge in [0.1, 0.15) is 5.69 Å². The van der Waals surface area contributed by atoms with Gasteiger partial charge in [0, 0.05) is 43.1 Å². The lowest BCUT2D eigenvalue weighted by Crippen LogP contribution is -2.42. The van der Waals surface area contributed by atoms with Crippen LogP contribution < -0.4 is 14.9 Å². The van der Waals surface area contributed by atoms with Crippen molar-refractivity contribution in [2.45, 2.75) is 25.2 Å². The predicted octanol–water partition coefficient (Wildman–Crippen LogP) is 5.03. The molecule has 1 aliphatic rings. The van der Waals surface area contributed by atoms with Gasteiger partial charge in [0.05, 0.1) is 43.2 Å². The highest BCUT2D eigenvalue weighted by molar-refractivity contribution is 7.92. The molecule has 0 unspecified atom stereocenters. The summed E-state index contributed by atoms with van der Waals surface area (Å²) in [4.78, 5) is 19.5. The number of nitrogens with one attached hydrogen (secondary N) is 2. The van der Waals surface area contributed by atoms with Crippen LogP contribution in [0.15, 0.2) is 42.7 Å². The van der Waals surface area contributed by atoms with Crippen LogP contribution in [0.2, 0.25) is 30.2 Å². The zero-order chi connectivity index (χ0) is 26.3. The maximum atomic E-state index is 15.1. The molecular weight excluding hydrogens is 521 g/mol. The van der Waals surface area contributed by atoms with Crippen molar-refractivity contribution in [1.29, 1.82) is 0 Å². The van der Waals surface area contributed by atoms with Gasteiger partial charge in [-0.3, -0.25) is 9.52 Å². The molecule has 1 aromatic carbocycles. The van der Waals surface area contributed by atoms with E-state index in [0.29, 0.717) is 16.9 Å². The molecule has 1 aliphatic heterocycles. The van der Waals surface area contributed by atoms with Crippen LogP contribution in [-0.4, -0.2) is 51.3 Å². The van der Waals surface area contributed by atoms with Crippen LogP contribution in [-0.2, 0) is 17.1 Å². The Morgan fingerprint density at radius 1 is 1.11 bits per heavy atom. The number of pyridine rings is 1. The van der Waals surface area contributed by atoms with Crippen LogP contribution in [0.5, 0.6) is 0 Å². The third kappa shape index (κ3) is 6.26. The Labute approximate surface area is 216 Å². The summed E-state index contributed by atoms with van der Waals surface area (Å²) in [7, 11) is -2.94. The number of rotatable bonds is 6. The minimum atomic E-state index is -3.51. The van der Waals surface area contributed by atoms with Crippen LogP contribution >= 0.6 is 11.6 Å². The van der Waals surface area contributed by atoms with Crippen molar-refractivity contribution < 1.29 is 17.6 Å². The van der Waals surface area contributed by atoms with Gasteiger partial charge in [0.2, 0.25) is 10.0 Å². The molecule has 1 fully saturated rings. The zero-order valence-electron chi connectivity index (χ0n) is 20.6. The number of aromatic nitrogens is 2. The van der Waals surface area contributed by atoms with Gasteiger partial charge in [0.25, 0.3) is 5.91 Å². The molecule has 3 aromatic rings. The molecule has 36 heavy (non-hydrogen) atoms. The Morgan fingerprint density at radius 3 is 2.42 bits per heavy atom. The SMILES string of the molecule is Cn1cc(C(=O)Nc2cc(Cl)cc(NS(C)(=O)=O)c2)cc1-c1ncc(N2CC[Si](C)(C)CC2)cc1F. The van der Waals surface area contributed by atoms with Crippen molar-refractivity contribution in [3.8, 4) is 11.4 Å². The quantitative estimate of drug-likeness (QED) is 0.420. The molecule has 0 spiro atoms. The molecule has 8 nitrogen and oxygen atoms in total. The highest BCUT2D eigenvalue weighted by Crippen LogP contribution is 2.30. The molecule has 0 saturated carbocycles. The fourth-order valence-electron chi connectivity index (χ4n) is 4.22. The maximum Gasteiger partial charge on any atom is 0.257 e. The van der Waals surface area contributed by atoms with E-state index in [1.807, 2.05) is 0 Å². The number of halogens is 2. The number of carbonyl (C=O) groups is 1. The van der Waals surface area contributed by atoms with E-state index in [-0.39, 0.29) is 16.4 Å². The third-order valence-corrected chi connectivity index (χ3v) is 10.3. The van der Waals surface area contributed by atoms with E-state index in [9.17, 15) is 13.2 Å². The fraction of sp³-hybridized carbons (Fsp3) is 0.333. The van der Waals surface area contributed by atoms with Crippen molar-refractivity contribution in [3.05, 3.63) is 59.1 Å². The second-order valence-corrected chi connectivity index (χ2v) is 17.5. The molecule has 2 N–H and O–H groups in total. The second kappa shape index (κ2) is 9.87. The first-order chi connectivity index (χ1) is 16.8. The first kappa shape index (κ1) is 26.2. The number of benzene rings is 1. The fourth-order valence-corrected chi connectivity index (χ4v) is 7.00. The van der Waals surface area contributed by atoms with Gasteiger partial charge >= 0.3 is 0 Å². The number of nitrogens with zero attached hydrogens (tertiary/aromatic N) is 3. The number of hydrogen-bond donors (Lipinski definition) is 2. The highest BCUT2D eigenvalue weighted by Gasteiger charge is 2.28. The average molecular weight is 550 g/mol. The summed E-state index contributed by atoms with van der Waals surface area (Å²) in [6, 6.07) is 9.81. The van der Waals surface area contributed by atoms with E-state index in [1.165, 1.54) is 36.4 Å². The number of hydrogen-bond acceptors (Lipinski definition) is 5. The van der Waals surface area contributed by atoms with Crippen LogP contribution in [0.3, 0.4) is 0 Å². The van der Waals surface area contributed by atoms with Crippen molar-refractivity contribution in [2.24, 2.45) is 7.05 Å². The topological polar surface area (TPSA) is 96.3 Å². The zero-order valence-corrected chi connectivity index (χ0v) is 23.2. The molecule has 12 heteroatoms. The molecule has 3 heterocycles. The Hall–Kier alpha value is -2.89. The Kier molecular flexibility index (Phi) is 7.18. The summed E-state index contributed by atoms with van der Waals surface area (Å²) in [5, 5.41) is 2.95. The molecule has 2 aromatic heterocycles. The van der Waals surface area contributed by atoms with Crippen LogP contribution in [0, 0.1) is 5.82 Å². The number of sulfonamides is 1. The molecule has 1 amide bonds. The van der Waals surface area contributed by atoms with E-state index < -0.39 is 29.8 Å². The molecular formula is C24H29ClFN5O3SSi. The minimum absolute atomic E-state index is 0.161. The summed E-state index contributed by atoms with van der Waals surface area (Å²) in [5.41, 5.74) is 2.22. The van der Waals surface area contributed by atoms with Gasteiger partial charge in [-0.15, -0.1) is 0 Å². The van der Waals surface area contributed by atoms with Gasteiger partial charge in [-0.1, -0.05) is 24.7 Å². The van der Waals surface area contributed by atoms with E-state index in [1.54, 1.807) is 30.1 Å². The summed E-state index contributed by atoms with van der Waals surface area (Å²) in [6.07, 6.45) is 4.29. The standard InChI is InChI=1S/C24H29ClFN5O3SSi/c1-30-15-16(24(32)28-18-10-17(25)11-19(12-18)29-35(2,33)34)9-22(30)23-21(26)13-20(14-27-23)31-5-7-36(3,4)8-6-31/h9-15,29H,5-8H2,1-4H3,(H,28,32). The van der Waals surface area contributed by atoms with E-state index >= 15 is 4.39 Å². The van der Waals surface area contributed by atoms with Gasteiger partial charge < -0.3 is 14.8 Å². The first-order valence-corrected chi connectivity index (χ1v) is 17.1. The minimum Gasteiger partial charge on any atom is -0.371 e. The highest BCUT2D eigenvalue weighted by atomic mass is 35.5. The lowest BCUT2D eigenvalue weighted by molar-refractivity contribution is 0.102. The van der Waals surface area contributed by atoms with Crippen LogP contribution in [0.1, 0.15) is 10.4 Å². The number of carbonyl (C=O) groups excluding carboxylic acids is 1. The van der Waals surface area contributed by atoms with E-state index in [2.05, 4.69) is 33.0 Å². The molecule has 1 saturated heterocycles. The van der Waals surface area contributed by atoms with E-state index in [0.717, 1.165) is 25.0 Å². The third-order valence-electron chi connectivity index (χ3n) is 6.28. The normalized spacial score (nSPS) is 15.6. The van der Waals surface area contributed by atoms with Crippen molar-refractivity contribution in [1.82, 2.24) is 9.55 Å². The van der Waals surface area contributed by atoms with Crippen molar-refractivity contribution in [3.63, 3.8) is 0 Å². The maximum absolute atomic E-state index is 15.1. The smallest absolute Gasteiger partial charge is 0.257 e. The van der Waals surface area contributed by atoms with Crippen molar-refractivity contribution >= 4 is 52.7 Å². The van der Waals surface area contributed by atoms with Gasteiger partial charge in [0.15, 0.2) is 5.82 Å². The molecule has 0 atom stereocenters. The molecule has 4 rings (SSSR count). The van der Waals surface area contributed by atoms with Gasteiger partial charge in [-0.25, -0.2) is 17.8 Å². The summed E-state index contributed by atoms with van der Waals surface area (Å²) < 4.78 is 42.2. The lowest BCUT2D eigenvalue weighted by atomic mass is 10.2. The summed E-state index contributed by atoms with van der Waals surface area (Å²) in [5.74, 6) is -0.907. The summed E-state index contributed by atoms with van der Waals surface area (Å²) >= 11 is 6.08. The summed E-state index contributed by atoms with van der Waals surface area (Å²) in [6.45, 7) is 6.60.